The molecule has 0 radical (unpaired) electrons. The predicted molar refractivity (Wildman–Crippen MR) is 51.6 cm³/mol. The lowest BCUT2D eigenvalue weighted by Crippen LogP contribution is -2.66. The Kier molecular flexibility index (Phi) is 1.79. The van der Waals surface area contributed by atoms with Gasteiger partial charge in [-0.1, -0.05) is 13.8 Å². The molecule has 2 aliphatic heterocycles. The van der Waals surface area contributed by atoms with E-state index in [4.69, 9.17) is 0 Å². The highest BCUT2D eigenvalue weighted by molar-refractivity contribution is 5.92. The number of hydrogen-bond acceptors (Lipinski definition) is 3. The SMILES string of the molecule is CN1C[C@]2(C)CNC[C@](C)(C1)C2=O. The van der Waals surface area contributed by atoms with Crippen molar-refractivity contribution in [1.82, 2.24) is 10.2 Å². The van der Waals surface area contributed by atoms with E-state index in [9.17, 15) is 4.79 Å². The van der Waals surface area contributed by atoms with Crippen molar-refractivity contribution in [3.8, 4) is 0 Å². The van der Waals surface area contributed by atoms with Gasteiger partial charge in [-0.15, -0.1) is 0 Å². The Hall–Kier alpha value is -0.410. The minimum absolute atomic E-state index is 0.153. The molecule has 0 aromatic carbocycles. The largest absolute Gasteiger partial charge is 0.315 e. The summed E-state index contributed by atoms with van der Waals surface area (Å²) in [7, 11) is 2.11. The van der Waals surface area contributed by atoms with E-state index >= 15 is 0 Å². The van der Waals surface area contributed by atoms with E-state index in [-0.39, 0.29) is 10.8 Å². The van der Waals surface area contributed by atoms with Crippen LogP contribution in [-0.4, -0.2) is 43.9 Å². The number of ketones is 1. The number of carbonyl (C=O) groups is 1. The molecule has 3 heteroatoms. The summed E-state index contributed by atoms with van der Waals surface area (Å²) in [5.74, 6) is 0.455. The van der Waals surface area contributed by atoms with E-state index in [0.29, 0.717) is 5.78 Å². The van der Waals surface area contributed by atoms with Crippen LogP contribution in [0.15, 0.2) is 0 Å². The molecule has 74 valence electrons. The van der Waals surface area contributed by atoms with Crippen LogP contribution in [0.3, 0.4) is 0 Å². The van der Waals surface area contributed by atoms with Gasteiger partial charge in [0.05, 0.1) is 10.8 Å². The maximum Gasteiger partial charge on any atom is 0.149 e. The van der Waals surface area contributed by atoms with Crippen LogP contribution in [0.1, 0.15) is 13.8 Å². The van der Waals surface area contributed by atoms with Gasteiger partial charge in [0.2, 0.25) is 0 Å². The van der Waals surface area contributed by atoms with Crippen LogP contribution < -0.4 is 5.32 Å². The third-order valence-corrected chi connectivity index (χ3v) is 3.36. The maximum absolute atomic E-state index is 12.1. The minimum Gasteiger partial charge on any atom is -0.315 e. The fraction of sp³-hybridized carbons (Fsp3) is 0.900. The van der Waals surface area contributed by atoms with Gasteiger partial charge in [0.15, 0.2) is 0 Å². The van der Waals surface area contributed by atoms with E-state index in [1.165, 1.54) is 0 Å². The lowest BCUT2D eigenvalue weighted by Gasteiger charge is -2.51. The van der Waals surface area contributed by atoms with E-state index in [0.717, 1.165) is 26.2 Å². The summed E-state index contributed by atoms with van der Waals surface area (Å²) < 4.78 is 0. The van der Waals surface area contributed by atoms with E-state index in [1.807, 2.05) is 0 Å². The summed E-state index contributed by atoms with van der Waals surface area (Å²) in [6.07, 6.45) is 0. The molecule has 2 fully saturated rings. The van der Waals surface area contributed by atoms with Crippen molar-refractivity contribution in [2.24, 2.45) is 10.8 Å². The molecule has 0 amide bonds. The molecule has 2 rings (SSSR count). The molecule has 2 bridgehead atoms. The molecule has 0 saturated carbocycles. The second kappa shape index (κ2) is 2.55. The highest BCUT2D eigenvalue weighted by atomic mass is 16.1. The normalized spacial score (nSPS) is 46.5. The molecular formula is C10H18N2O. The second-order valence-electron chi connectivity index (χ2n) is 5.23. The Labute approximate surface area is 79.5 Å². The van der Waals surface area contributed by atoms with Crippen LogP contribution in [0, 0.1) is 10.8 Å². The Morgan fingerprint density at radius 3 is 2.15 bits per heavy atom. The van der Waals surface area contributed by atoms with Gasteiger partial charge in [0, 0.05) is 26.2 Å². The Morgan fingerprint density at radius 2 is 1.69 bits per heavy atom. The van der Waals surface area contributed by atoms with Crippen molar-refractivity contribution in [3.63, 3.8) is 0 Å². The molecule has 3 nitrogen and oxygen atoms in total. The molecule has 2 heterocycles. The molecule has 0 aromatic heterocycles. The van der Waals surface area contributed by atoms with Crippen molar-refractivity contribution in [3.05, 3.63) is 0 Å². The van der Waals surface area contributed by atoms with Crippen LogP contribution in [0.2, 0.25) is 0 Å². The first kappa shape index (κ1) is 9.16. The first-order chi connectivity index (χ1) is 5.96. The lowest BCUT2D eigenvalue weighted by molar-refractivity contribution is -0.148. The van der Waals surface area contributed by atoms with Crippen LogP contribution in [0.4, 0.5) is 0 Å². The van der Waals surface area contributed by atoms with Gasteiger partial charge in [0.25, 0.3) is 0 Å². The first-order valence-corrected chi connectivity index (χ1v) is 4.91. The van der Waals surface area contributed by atoms with Crippen molar-refractivity contribution >= 4 is 5.78 Å². The molecule has 2 aliphatic rings. The summed E-state index contributed by atoms with van der Waals surface area (Å²) in [5.41, 5.74) is -0.306. The standard InChI is InChI=1S/C10H18N2O/c1-9-4-11-5-10(2,8(9)13)7-12(3)6-9/h11H,4-7H2,1-3H3/t9-,10+. The van der Waals surface area contributed by atoms with Crippen LogP contribution in [0.25, 0.3) is 0 Å². The number of rotatable bonds is 0. The number of carbonyl (C=O) groups excluding carboxylic acids is 1. The molecule has 2 atom stereocenters. The third-order valence-electron chi connectivity index (χ3n) is 3.36. The number of likely N-dealkylation sites (tertiary alicyclic amines) is 1. The zero-order chi connectivity index (χ0) is 9.69. The summed E-state index contributed by atoms with van der Waals surface area (Å²) >= 11 is 0. The molecule has 0 unspecified atom stereocenters. The zero-order valence-corrected chi connectivity index (χ0v) is 8.68. The Morgan fingerprint density at radius 1 is 1.23 bits per heavy atom. The molecule has 2 saturated heterocycles. The molecule has 1 N–H and O–H groups in total. The number of fused-ring (bicyclic) bond motifs is 2. The van der Waals surface area contributed by atoms with Crippen LogP contribution >= 0.6 is 0 Å². The van der Waals surface area contributed by atoms with E-state index in [1.54, 1.807) is 0 Å². The monoisotopic (exact) mass is 182 g/mol. The number of Topliss-reactive ketones (excluding diaryl/α,β-unsaturated/α-hetero) is 1. The van der Waals surface area contributed by atoms with Gasteiger partial charge >= 0.3 is 0 Å². The van der Waals surface area contributed by atoms with E-state index in [2.05, 4.69) is 31.1 Å². The molecular weight excluding hydrogens is 164 g/mol. The second-order valence-corrected chi connectivity index (χ2v) is 5.23. The van der Waals surface area contributed by atoms with Crippen molar-refractivity contribution in [1.29, 1.82) is 0 Å². The van der Waals surface area contributed by atoms with Crippen LogP contribution in [-0.2, 0) is 4.79 Å². The number of nitrogens with zero attached hydrogens (tertiary/aromatic N) is 1. The number of nitrogens with one attached hydrogen (secondary N) is 1. The average Bonchev–Trinajstić information content (AvgIpc) is 1.97. The first-order valence-electron chi connectivity index (χ1n) is 4.91. The Balaban J connectivity index is 2.35. The predicted octanol–water partition coefficient (Wildman–Crippen LogP) is 0.117. The van der Waals surface area contributed by atoms with Crippen molar-refractivity contribution in [2.75, 3.05) is 33.2 Å². The highest BCUT2D eigenvalue weighted by Gasteiger charge is 2.52. The quantitative estimate of drug-likeness (QED) is 0.577. The third kappa shape index (κ3) is 1.22. The average molecular weight is 182 g/mol. The maximum atomic E-state index is 12.1. The van der Waals surface area contributed by atoms with Gasteiger partial charge < -0.3 is 10.2 Å². The smallest absolute Gasteiger partial charge is 0.149 e. The highest BCUT2D eigenvalue weighted by Crippen LogP contribution is 2.38. The fourth-order valence-electron chi connectivity index (χ4n) is 3.01. The van der Waals surface area contributed by atoms with Crippen LogP contribution in [0.5, 0.6) is 0 Å². The zero-order valence-electron chi connectivity index (χ0n) is 8.68. The van der Waals surface area contributed by atoms with E-state index < -0.39 is 0 Å². The van der Waals surface area contributed by atoms with Crippen molar-refractivity contribution in [2.45, 2.75) is 13.8 Å². The molecule has 0 aromatic rings. The van der Waals surface area contributed by atoms with Crippen molar-refractivity contribution < 1.29 is 4.79 Å². The van der Waals surface area contributed by atoms with Gasteiger partial charge in [0.1, 0.15) is 5.78 Å². The Bertz CT molecular complexity index is 231. The summed E-state index contributed by atoms with van der Waals surface area (Å²) in [5, 5.41) is 3.37. The summed E-state index contributed by atoms with van der Waals surface area (Å²) in [6, 6.07) is 0. The minimum atomic E-state index is -0.153. The topological polar surface area (TPSA) is 32.3 Å². The fourth-order valence-corrected chi connectivity index (χ4v) is 3.01. The summed E-state index contributed by atoms with van der Waals surface area (Å²) in [6.45, 7) is 7.63. The molecule has 0 spiro atoms. The van der Waals surface area contributed by atoms with Gasteiger partial charge in [-0.2, -0.15) is 0 Å². The molecule has 0 aliphatic carbocycles. The van der Waals surface area contributed by atoms with Gasteiger partial charge in [-0.05, 0) is 7.05 Å². The van der Waals surface area contributed by atoms with Gasteiger partial charge in [-0.25, -0.2) is 0 Å². The number of piperidine rings is 2. The lowest BCUT2D eigenvalue weighted by atomic mass is 9.65. The molecule has 13 heavy (non-hydrogen) atoms. The van der Waals surface area contributed by atoms with Gasteiger partial charge in [-0.3, -0.25) is 4.79 Å². The number of hydrogen-bond donors (Lipinski definition) is 1. The summed E-state index contributed by atoms with van der Waals surface area (Å²) in [4.78, 5) is 14.4.